The third kappa shape index (κ3) is 3.48. The molecule has 0 aromatic heterocycles. The maximum Gasteiger partial charge on any atom is 0.223 e. The van der Waals surface area contributed by atoms with E-state index in [2.05, 4.69) is 10.6 Å². The van der Waals surface area contributed by atoms with Crippen LogP contribution in [0.3, 0.4) is 0 Å². The molecule has 0 radical (unpaired) electrons. The number of amides is 2. The highest BCUT2D eigenvalue weighted by Crippen LogP contribution is 2.15. The molecule has 1 atom stereocenters. The van der Waals surface area contributed by atoms with Crippen LogP contribution in [0.2, 0.25) is 0 Å². The second-order valence-electron chi connectivity index (χ2n) is 4.54. The molecule has 1 aliphatic heterocycles. The standard InChI is InChI=1S/C11H21N3O2/c1-8(9-6-12-7-9)11(16)13-5-4-10(15)14(2)3/h8-9,12H,4-7H2,1-3H3,(H,13,16). The summed E-state index contributed by atoms with van der Waals surface area (Å²) >= 11 is 0. The molecule has 2 amide bonds. The van der Waals surface area contributed by atoms with E-state index < -0.39 is 0 Å². The number of hydrogen-bond acceptors (Lipinski definition) is 3. The lowest BCUT2D eigenvalue weighted by molar-refractivity contribution is -0.129. The SMILES string of the molecule is CC(C(=O)NCCC(=O)N(C)C)C1CNC1. The summed E-state index contributed by atoms with van der Waals surface area (Å²) in [4.78, 5) is 24.5. The molecule has 1 saturated heterocycles. The van der Waals surface area contributed by atoms with Crippen molar-refractivity contribution in [3.63, 3.8) is 0 Å². The molecule has 1 fully saturated rings. The van der Waals surface area contributed by atoms with E-state index in [1.165, 1.54) is 4.90 Å². The molecule has 0 spiro atoms. The lowest BCUT2D eigenvalue weighted by Crippen LogP contribution is -2.49. The Morgan fingerprint density at radius 1 is 1.44 bits per heavy atom. The van der Waals surface area contributed by atoms with E-state index in [1.807, 2.05) is 6.92 Å². The molecule has 0 aliphatic carbocycles. The van der Waals surface area contributed by atoms with Crippen LogP contribution in [0.25, 0.3) is 0 Å². The van der Waals surface area contributed by atoms with Gasteiger partial charge in [0.25, 0.3) is 0 Å². The van der Waals surface area contributed by atoms with Gasteiger partial charge in [-0.2, -0.15) is 0 Å². The summed E-state index contributed by atoms with van der Waals surface area (Å²) in [6.07, 6.45) is 0.369. The average molecular weight is 227 g/mol. The molecule has 16 heavy (non-hydrogen) atoms. The van der Waals surface area contributed by atoms with Crippen molar-refractivity contribution < 1.29 is 9.59 Å². The van der Waals surface area contributed by atoms with E-state index in [1.54, 1.807) is 14.1 Å². The number of nitrogens with zero attached hydrogens (tertiary/aromatic N) is 1. The van der Waals surface area contributed by atoms with Gasteiger partial charge in [-0.1, -0.05) is 6.92 Å². The van der Waals surface area contributed by atoms with E-state index in [9.17, 15) is 9.59 Å². The number of hydrogen-bond donors (Lipinski definition) is 2. The zero-order valence-electron chi connectivity index (χ0n) is 10.2. The quantitative estimate of drug-likeness (QED) is 0.661. The van der Waals surface area contributed by atoms with Crippen molar-refractivity contribution in [2.24, 2.45) is 11.8 Å². The Balaban J connectivity index is 2.16. The zero-order chi connectivity index (χ0) is 12.1. The lowest BCUT2D eigenvalue weighted by atomic mass is 9.88. The van der Waals surface area contributed by atoms with Crippen LogP contribution < -0.4 is 10.6 Å². The van der Waals surface area contributed by atoms with Crippen LogP contribution in [0.15, 0.2) is 0 Å². The van der Waals surface area contributed by atoms with Gasteiger partial charge in [0.05, 0.1) is 0 Å². The van der Waals surface area contributed by atoms with Gasteiger partial charge < -0.3 is 15.5 Å². The van der Waals surface area contributed by atoms with Crippen LogP contribution in [0, 0.1) is 11.8 Å². The van der Waals surface area contributed by atoms with Crippen LogP contribution in [-0.4, -0.2) is 50.4 Å². The molecule has 2 N–H and O–H groups in total. The predicted octanol–water partition coefficient (Wildman–Crippen LogP) is -0.564. The Kier molecular flexibility index (Phi) is 4.73. The van der Waals surface area contributed by atoms with E-state index in [0.29, 0.717) is 18.9 Å². The number of carbonyl (C=O) groups is 2. The molecule has 0 bridgehead atoms. The van der Waals surface area contributed by atoms with Gasteiger partial charge >= 0.3 is 0 Å². The molecular weight excluding hydrogens is 206 g/mol. The summed E-state index contributed by atoms with van der Waals surface area (Å²) in [6.45, 7) is 4.21. The van der Waals surface area contributed by atoms with Crippen molar-refractivity contribution in [2.45, 2.75) is 13.3 Å². The first kappa shape index (κ1) is 13.0. The predicted molar refractivity (Wildman–Crippen MR) is 61.8 cm³/mol. The van der Waals surface area contributed by atoms with E-state index in [4.69, 9.17) is 0 Å². The third-order valence-electron chi connectivity index (χ3n) is 3.07. The molecule has 5 heteroatoms. The minimum atomic E-state index is 0.0377. The van der Waals surface area contributed by atoms with Crippen molar-refractivity contribution in [3.8, 4) is 0 Å². The van der Waals surface area contributed by atoms with Crippen LogP contribution in [0.1, 0.15) is 13.3 Å². The lowest BCUT2D eigenvalue weighted by Gasteiger charge is -2.31. The highest BCUT2D eigenvalue weighted by molar-refractivity contribution is 5.80. The monoisotopic (exact) mass is 227 g/mol. The minimum absolute atomic E-state index is 0.0377. The van der Waals surface area contributed by atoms with Crippen molar-refractivity contribution in [1.29, 1.82) is 0 Å². The van der Waals surface area contributed by atoms with Gasteiger partial charge in [-0.25, -0.2) is 0 Å². The third-order valence-corrected chi connectivity index (χ3v) is 3.07. The second-order valence-corrected chi connectivity index (χ2v) is 4.54. The summed E-state index contributed by atoms with van der Waals surface area (Å²) in [5, 5.41) is 5.95. The topological polar surface area (TPSA) is 61.4 Å². The average Bonchev–Trinajstić information content (AvgIpc) is 2.14. The first-order valence-electron chi connectivity index (χ1n) is 5.71. The maximum absolute atomic E-state index is 11.7. The van der Waals surface area contributed by atoms with Crippen LogP contribution in [0.5, 0.6) is 0 Å². The normalized spacial score (nSPS) is 17.4. The number of nitrogens with one attached hydrogen (secondary N) is 2. The van der Waals surface area contributed by atoms with Crippen molar-refractivity contribution in [3.05, 3.63) is 0 Å². The number of rotatable bonds is 5. The highest BCUT2D eigenvalue weighted by atomic mass is 16.2. The molecule has 1 heterocycles. The fraction of sp³-hybridized carbons (Fsp3) is 0.818. The van der Waals surface area contributed by atoms with Gasteiger partial charge in [-0.15, -0.1) is 0 Å². The smallest absolute Gasteiger partial charge is 0.223 e. The molecular formula is C11H21N3O2. The molecule has 1 aliphatic rings. The molecule has 0 aromatic carbocycles. The summed E-state index contributed by atoms with van der Waals surface area (Å²) in [5.74, 6) is 0.580. The van der Waals surface area contributed by atoms with E-state index >= 15 is 0 Å². The summed E-state index contributed by atoms with van der Waals surface area (Å²) < 4.78 is 0. The van der Waals surface area contributed by atoms with E-state index in [-0.39, 0.29) is 17.7 Å². The van der Waals surface area contributed by atoms with E-state index in [0.717, 1.165) is 13.1 Å². The van der Waals surface area contributed by atoms with Crippen molar-refractivity contribution >= 4 is 11.8 Å². The minimum Gasteiger partial charge on any atom is -0.355 e. The Morgan fingerprint density at radius 2 is 2.06 bits per heavy atom. The molecule has 1 unspecified atom stereocenters. The molecule has 0 aromatic rings. The van der Waals surface area contributed by atoms with Crippen molar-refractivity contribution in [1.82, 2.24) is 15.5 Å². The van der Waals surface area contributed by atoms with Crippen LogP contribution in [-0.2, 0) is 9.59 Å². The van der Waals surface area contributed by atoms with Gasteiger partial charge in [-0.3, -0.25) is 9.59 Å². The fourth-order valence-electron chi connectivity index (χ4n) is 1.56. The first-order valence-corrected chi connectivity index (χ1v) is 5.71. The largest absolute Gasteiger partial charge is 0.355 e. The Hall–Kier alpha value is -1.10. The van der Waals surface area contributed by atoms with Crippen LogP contribution >= 0.6 is 0 Å². The number of carbonyl (C=O) groups excluding carboxylic acids is 2. The van der Waals surface area contributed by atoms with Crippen molar-refractivity contribution in [2.75, 3.05) is 33.7 Å². The van der Waals surface area contributed by atoms with Crippen LogP contribution in [0.4, 0.5) is 0 Å². The molecule has 1 rings (SSSR count). The maximum atomic E-state index is 11.7. The summed E-state index contributed by atoms with van der Waals surface area (Å²) in [6, 6.07) is 0. The second kappa shape index (κ2) is 5.84. The first-order chi connectivity index (χ1) is 7.52. The van der Waals surface area contributed by atoms with Gasteiger partial charge in [0.15, 0.2) is 0 Å². The van der Waals surface area contributed by atoms with Gasteiger partial charge in [0.2, 0.25) is 11.8 Å². The molecule has 92 valence electrons. The molecule has 5 nitrogen and oxygen atoms in total. The Bertz CT molecular complexity index is 262. The van der Waals surface area contributed by atoms with Gasteiger partial charge in [0, 0.05) is 33.0 Å². The zero-order valence-corrected chi connectivity index (χ0v) is 10.2. The van der Waals surface area contributed by atoms with Gasteiger partial charge in [-0.05, 0) is 19.0 Å². The highest BCUT2D eigenvalue weighted by Gasteiger charge is 2.28. The molecule has 0 saturated carbocycles. The fourth-order valence-corrected chi connectivity index (χ4v) is 1.56. The Morgan fingerprint density at radius 3 is 2.50 bits per heavy atom. The van der Waals surface area contributed by atoms with Gasteiger partial charge in [0.1, 0.15) is 0 Å². The Labute approximate surface area is 96.6 Å². The summed E-state index contributed by atoms with van der Waals surface area (Å²) in [7, 11) is 3.43. The summed E-state index contributed by atoms with van der Waals surface area (Å²) in [5.41, 5.74) is 0.